The number of halogens is 1. The van der Waals surface area contributed by atoms with Crippen molar-refractivity contribution in [3.05, 3.63) is 99.8 Å². The number of rotatable bonds is 5. The minimum absolute atomic E-state index is 0.0218. The summed E-state index contributed by atoms with van der Waals surface area (Å²) in [5.74, 6) is 0.0155. The molecule has 9 heteroatoms. The summed E-state index contributed by atoms with van der Waals surface area (Å²) in [5.41, 5.74) is 2.48. The minimum Gasteiger partial charge on any atom is -0.451 e. The van der Waals surface area contributed by atoms with Crippen molar-refractivity contribution < 1.29 is 18.6 Å². The second-order valence-corrected chi connectivity index (χ2v) is 7.48. The number of fused-ring (bicyclic) bond motifs is 1. The van der Waals surface area contributed by atoms with Gasteiger partial charge in [-0.2, -0.15) is 0 Å². The first-order valence-corrected chi connectivity index (χ1v) is 10.2. The average Bonchev–Trinajstić information content (AvgIpc) is 3.48. The second kappa shape index (κ2) is 8.25. The number of hydrogen-bond acceptors (Lipinski definition) is 6. The van der Waals surface area contributed by atoms with Crippen LogP contribution < -0.4 is 5.32 Å². The lowest BCUT2D eigenvalue weighted by Gasteiger charge is -2.07. The highest BCUT2D eigenvalue weighted by Gasteiger charge is 2.20. The highest BCUT2D eigenvalue weighted by Crippen LogP contribution is 2.33. The number of benzene rings is 3. The van der Waals surface area contributed by atoms with Crippen molar-refractivity contribution in [2.75, 3.05) is 5.32 Å². The number of para-hydroxylation sites is 3. The number of furan rings is 1. The van der Waals surface area contributed by atoms with E-state index in [2.05, 4.69) is 10.3 Å². The maximum absolute atomic E-state index is 12.8. The summed E-state index contributed by atoms with van der Waals surface area (Å²) in [4.78, 5) is 28.0. The Balaban J connectivity index is 1.42. The maximum Gasteiger partial charge on any atom is 0.291 e. The smallest absolute Gasteiger partial charge is 0.291 e. The zero-order chi connectivity index (χ0) is 22.9. The lowest BCUT2D eigenvalue weighted by Crippen LogP contribution is -2.11. The van der Waals surface area contributed by atoms with Crippen molar-refractivity contribution in [2.45, 2.75) is 0 Å². The molecule has 0 fully saturated rings. The predicted molar refractivity (Wildman–Crippen MR) is 123 cm³/mol. The number of nitro benzene ring substituents is 1. The molecular formula is C24H14ClN3O5. The van der Waals surface area contributed by atoms with Gasteiger partial charge in [0.05, 0.1) is 21.2 Å². The number of carbonyl (C=O) groups excluding carboxylic acids is 1. The number of oxazole rings is 1. The number of amides is 1. The zero-order valence-corrected chi connectivity index (χ0v) is 17.6. The van der Waals surface area contributed by atoms with Gasteiger partial charge in [-0.15, -0.1) is 0 Å². The fraction of sp³-hybridized carbons (Fsp3) is 0. The van der Waals surface area contributed by atoms with Crippen molar-refractivity contribution in [3.8, 4) is 22.8 Å². The number of nitro groups is 1. The molecular weight excluding hydrogens is 446 g/mol. The third kappa shape index (κ3) is 3.95. The van der Waals surface area contributed by atoms with Crippen LogP contribution in [0.15, 0.2) is 87.7 Å². The van der Waals surface area contributed by atoms with Crippen LogP contribution in [-0.2, 0) is 0 Å². The third-order valence-corrected chi connectivity index (χ3v) is 5.28. The molecule has 1 amide bonds. The minimum atomic E-state index is -0.559. The summed E-state index contributed by atoms with van der Waals surface area (Å²) in [5, 5.41) is 14.3. The quantitative estimate of drug-likeness (QED) is 0.235. The lowest BCUT2D eigenvalue weighted by atomic mass is 10.1. The Hall–Kier alpha value is -4.43. The van der Waals surface area contributed by atoms with E-state index in [1.54, 1.807) is 36.4 Å². The van der Waals surface area contributed by atoms with Gasteiger partial charge in [0.2, 0.25) is 5.89 Å². The molecule has 8 nitrogen and oxygen atoms in total. The van der Waals surface area contributed by atoms with E-state index in [1.165, 1.54) is 18.2 Å². The van der Waals surface area contributed by atoms with Gasteiger partial charge in [0.1, 0.15) is 11.3 Å². The first kappa shape index (κ1) is 20.5. The zero-order valence-electron chi connectivity index (χ0n) is 16.8. The number of hydrogen-bond donors (Lipinski definition) is 1. The molecule has 0 spiro atoms. The Morgan fingerprint density at radius 3 is 2.58 bits per heavy atom. The summed E-state index contributed by atoms with van der Waals surface area (Å²) < 4.78 is 11.4. The molecule has 0 aliphatic carbocycles. The Morgan fingerprint density at radius 1 is 0.970 bits per heavy atom. The van der Waals surface area contributed by atoms with E-state index in [0.717, 1.165) is 0 Å². The van der Waals surface area contributed by atoms with Crippen LogP contribution >= 0.6 is 11.6 Å². The van der Waals surface area contributed by atoms with Gasteiger partial charge in [-0.05, 0) is 48.5 Å². The first-order chi connectivity index (χ1) is 16.0. The van der Waals surface area contributed by atoms with E-state index < -0.39 is 10.8 Å². The maximum atomic E-state index is 12.8. The monoisotopic (exact) mass is 459 g/mol. The standard InChI is InChI=1S/C24H14ClN3O5/c25-16-10-9-14(24-27-17-6-2-4-8-21(17)33-24)13-18(16)26-23(29)22-12-11-20(32-22)15-5-1-3-7-19(15)28(30)31/h1-13H,(H,26,29). The largest absolute Gasteiger partial charge is 0.451 e. The molecule has 0 aliphatic rings. The Labute approximate surface area is 191 Å². The van der Waals surface area contributed by atoms with Crippen LogP contribution in [0.4, 0.5) is 11.4 Å². The van der Waals surface area contributed by atoms with Crippen LogP contribution in [0.5, 0.6) is 0 Å². The van der Waals surface area contributed by atoms with Crippen molar-refractivity contribution in [1.82, 2.24) is 4.98 Å². The van der Waals surface area contributed by atoms with Gasteiger partial charge in [-0.3, -0.25) is 14.9 Å². The molecule has 0 unspecified atom stereocenters. The highest BCUT2D eigenvalue weighted by molar-refractivity contribution is 6.34. The topological polar surface area (TPSA) is 111 Å². The number of anilines is 1. The van der Waals surface area contributed by atoms with Gasteiger partial charge in [0.15, 0.2) is 11.3 Å². The first-order valence-electron chi connectivity index (χ1n) is 9.80. The molecule has 0 atom stereocenters. The molecule has 5 aromatic rings. The number of aromatic nitrogens is 1. The Kier molecular flexibility index (Phi) is 5.12. The van der Waals surface area contributed by atoms with E-state index in [9.17, 15) is 14.9 Å². The van der Waals surface area contributed by atoms with Crippen LogP contribution in [0.25, 0.3) is 33.9 Å². The van der Waals surface area contributed by atoms with Crippen molar-refractivity contribution >= 4 is 40.0 Å². The predicted octanol–water partition coefficient (Wildman–Crippen LogP) is 6.57. The Morgan fingerprint density at radius 2 is 1.76 bits per heavy atom. The summed E-state index contributed by atoms with van der Waals surface area (Å²) in [7, 11) is 0. The van der Waals surface area contributed by atoms with E-state index >= 15 is 0 Å². The molecule has 0 saturated carbocycles. The molecule has 3 aromatic carbocycles. The molecule has 162 valence electrons. The molecule has 0 bridgehead atoms. The highest BCUT2D eigenvalue weighted by atomic mass is 35.5. The molecule has 0 aliphatic heterocycles. The third-order valence-electron chi connectivity index (χ3n) is 4.95. The van der Waals surface area contributed by atoms with E-state index in [1.807, 2.05) is 24.3 Å². The number of nitrogens with zero attached hydrogens (tertiary/aromatic N) is 2. The van der Waals surface area contributed by atoms with Gasteiger partial charge in [0.25, 0.3) is 11.6 Å². The van der Waals surface area contributed by atoms with Crippen molar-refractivity contribution in [1.29, 1.82) is 0 Å². The molecule has 2 heterocycles. The van der Waals surface area contributed by atoms with Crippen LogP contribution in [-0.4, -0.2) is 15.8 Å². The van der Waals surface area contributed by atoms with E-state index in [0.29, 0.717) is 33.3 Å². The molecule has 5 rings (SSSR count). The summed E-state index contributed by atoms with van der Waals surface area (Å²) in [6.45, 7) is 0. The SMILES string of the molecule is O=C(Nc1cc(-c2nc3ccccc3o2)ccc1Cl)c1ccc(-c2ccccc2[N+](=O)[O-])o1. The molecule has 2 aromatic heterocycles. The van der Waals surface area contributed by atoms with Crippen LogP contribution in [0.2, 0.25) is 5.02 Å². The Bertz CT molecular complexity index is 1490. The van der Waals surface area contributed by atoms with Gasteiger partial charge < -0.3 is 14.2 Å². The summed E-state index contributed by atoms with van der Waals surface area (Å²) in [6, 6.07) is 21.5. The number of carbonyl (C=O) groups is 1. The number of nitrogens with one attached hydrogen (secondary N) is 1. The molecule has 1 N–H and O–H groups in total. The normalized spacial score (nSPS) is 10.9. The average molecular weight is 460 g/mol. The van der Waals surface area contributed by atoms with Gasteiger partial charge in [0, 0.05) is 11.6 Å². The molecule has 0 radical (unpaired) electrons. The summed E-state index contributed by atoms with van der Waals surface area (Å²) >= 11 is 6.28. The fourth-order valence-corrected chi connectivity index (χ4v) is 3.54. The fourth-order valence-electron chi connectivity index (χ4n) is 3.38. The second-order valence-electron chi connectivity index (χ2n) is 7.07. The van der Waals surface area contributed by atoms with Crippen LogP contribution in [0.1, 0.15) is 10.6 Å². The lowest BCUT2D eigenvalue weighted by molar-refractivity contribution is -0.384. The summed E-state index contributed by atoms with van der Waals surface area (Å²) in [6.07, 6.45) is 0. The van der Waals surface area contributed by atoms with Gasteiger partial charge >= 0.3 is 0 Å². The van der Waals surface area contributed by atoms with Crippen molar-refractivity contribution in [3.63, 3.8) is 0 Å². The van der Waals surface area contributed by atoms with Gasteiger partial charge in [-0.25, -0.2) is 4.98 Å². The van der Waals surface area contributed by atoms with Crippen molar-refractivity contribution in [2.24, 2.45) is 0 Å². The molecule has 33 heavy (non-hydrogen) atoms. The van der Waals surface area contributed by atoms with Crippen LogP contribution in [0, 0.1) is 10.1 Å². The molecule has 0 saturated heterocycles. The van der Waals surface area contributed by atoms with Crippen LogP contribution in [0.3, 0.4) is 0 Å². The van der Waals surface area contributed by atoms with E-state index in [-0.39, 0.29) is 22.8 Å². The van der Waals surface area contributed by atoms with E-state index in [4.69, 9.17) is 20.4 Å². The van der Waals surface area contributed by atoms with Gasteiger partial charge in [-0.1, -0.05) is 35.9 Å².